The van der Waals surface area contributed by atoms with Gasteiger partial charge in [-0.05, 0) is 68.0 Å². The van der Waals surface area contributed by atoms with Crippen molar-refractivity contribution < 1.29 is 18.0 Å². The van der Waals surface area contributed by atoms with Gasteiger partial charge in [0.25, 0.3) is 5.91 Å². The van der Waals surface area contributed by atoms with Crippen molar-refractivity contribution in [3.8, 4) is 16.3 Å². The first-order valence-electron chi connectivity index (χ1n) is 9.47. The van der Waals surface area contributed by atoms with Gasteiger partial charge < -0.3 is 4.90 Å². The predicted molar refractivity (Wildman–Crippen MR) is 106 cm³/mol. The molecule has 1 saturated heterocycles. The van der Waals surface area contributed by atoms with Crippen molar-refractivity contribution in [1.29, 1.82) is 0 Å². The fraction of sp³-hybridized carbons (Fsp3) is 0.333. The van der Waals surface area contributed by atoms with Crippen LogP contribution >= 0.6 is 11.3 Å². The Bertz CT molecular complexity index is 993. The molecule has 0 saturated carbocycles. The molecule has 0 spiro atoms. The first kappa shape index (κ1) is 19.7. The minimum absolute atomic E-state index is 0.0429. The second-order valence-electron chi connectivity index (χ2n) is 7.19. The van der Waals surface area contributed by atoms with Gasteiger partial charge in [-0.2, -0.15) is 18.3 Å². The van der Waals surface area contributed by atoms with Crippen molar-refractivity contribution in [3.05, 3.63) is 59.1 Å². The Hall–Kier alpha value is -2.61. The van der Waals surface area contributed by atoms with Gasteiger partial charge in [0.1, 0.15) is 0 Å². The number of piperidine rings is 1. The largest absolute Gasteiger partial charge is 0.435 e. The average molecular weight is 419 g/mol. The smallest absolute Gasteiger partial charge is 0.336 e. The van der Waals surface area contributed by atoms with Crippen LogP contribution in [0.3, 0.4) is 0 Å². The first-order valence-corrected chi connectivity index (χ1v) is 10.3. The standard InChI is InChI=1S/C21H20F3N3OS/c1-14-5-2-3-11-26(14)20(28)15-7-9-16(10-8-15)27-17(18-6-4-12-29-18)13-19(25-27)21(22,23)24/h4,6-10,12-14H,2-3,5,11H2,1H3. The second kappa shape index (κ2) is 7.67. The number of rotatable bonds is 3. The van der Waals surface area contributed by atoms with Crippen LogP contribution in [0.4, 0.5) is 13.2 Å². The van der Waals surface area contributed by atoms with Crippen molar-refractivity contribution in [3.63, 3.8) is 0 Å². The lowest BCUT2D eigenvalue weighted by atomic mass is 10.0. The maximum Gasteiger partial charge on any atom is 0.435 e. The molecular weight excluding hydrogens is 399 g/mol. The highest BCUT2D eigenvalue weighted by Crippen LogP contribution is 2.34. The molecule has 0 radical (unpaired) electrons. The Kier molecular flexibility index (Phi) is 5.21. The highest BCUT2D eigenvalue weighted by Gasteiger charge is 2.35. The molecule has 29 heavy (non-hydrogen) atoms. The van der Waals surface area contributed by atoms with Gasteiger partial charge in [0, 0.05) is 18.2 Å². The molecule has 1 aliphatic heterocycles. The molecular formula is C21H20F3N3OS. The van der Waals surface area contributed by atoms with E-state index in [0.717, 1.165) is 31.9 Å². The molecule has 0 bridgehead atoms. The number of nitrogens with zero attached hydrogens (tertiary/aromatic N) is 3. The Balaban J connectivity index is 1.67. The summed E-state index contributed by atoms with van der Waals surface area (Å²) in [5.41, 5.74) is 0.440. The van der Waals surface area contributed by atoms with Gasteiger partial charge >= 0.3 is 6.18 Å². The van der Waals surface area contributed by atoms with Crippen molar-refractivity contribution in [1.82, 2.24) is 14.7 Å². The lowest BCUT2D eigenvalue weighted by Crippen LogP contribution is -2.42. The fourth-order valence-electron chi connectivity index (χ4n) is 3.63. The zero-order valence-electron chi connectivity index (χ0n) is 15.8. The zero-order chi connectivity index (χ0) is 20.6. The summed E-state index contributed by atoms with van der Waals surface area (Å²) in [7, 11) is 0. The fourth-order valence-corrected chi connectivity index (χ4v) is 4.35. The van der Waals surface area contributed by atoms with Crippen molar-refractivity contribution in [2.75, 3.05) is 6.54 Å². The van der Waals surface area contributed by atoms with E-state index in [4.69, 9.17) is 0 Å². The van der Waals surface area contributed by atoms with Gasteiger partial charge in [-0.25, -0.2) is 4.68 Å². The van der Waals surface area contributed by atoms with Gasteiger partial charge in [-0.1, -0.05) is 6.07 Å². The highest BCUT2D eigenvalue weighted by atomic mass is 32.1. The Labute approximate surface area is 170 Å². The van der Waals surface area contributed by atoms with Crippen molar-refractivity contribution >= 4 is 17.2 Å². The molecule has 1 atom stereocenters. The summed E-state index contributed by atoms with van der Waals surface area (Å²) in [6.07, 6.45) is -1.43. The molecule has 1 unspecified atom stereocenters. The molecule has 1 aromatic carbocycles. The summed E-state index contributed by atoms with van der Waals surface area (Å²) < 4.78 is 41.0. The molecule has 4 rings (SSSR count). The van der Waals surface area contributed by atoms with Crippen LogP contribution in [0, 0.1) is 0 Å². The predicted octanol–water partition coefficient (Wildman–Crippen LogP) is 5.63. The van der Waals surface area contributed by atoms with E-state index in [9.17, 15) is 18.0 Å². The number of aromatic nitrogens is 2. The number of thiophene rings is 1. The van der Waals surface area contributed by atoms with Gasteiger partial charge in [0.15, 0.2) is 5.69 Å². The van der Waals surface area contributed by atoms with Crippen LogP contribution in [0.1, 0.15) is 42.2 Å². The Morgan fingerprint density at radius 2 is 1.93 bits per heavy atom. The molecule has 1 fully saturated rings. The van der Waals surface area contributed by atoms with Crippen LogP contribution in [0.25, 0.3) is 16.3 Å². The third kappa shape index (κ3) is 3.94. The van der Waals surface area contributed by atoms with Crippen molar-refractivity contribution in [2.45, 2.75) is 38.4 Å². The normalized spacial score (nSPS) is 17.5. The number of alkyl halides is 3. The summed E-state index contributed by atoms with van der Waals surface area (Å²) in [6.45, 7) is 2.78. The summed E-state index contributed by atoms with van der Waals surface area (Å²) in [6, 6.07) is 11.4. The molecule has 4 nitrogen and oxygen atoms in total. The SMILES string of the molecule is CC1CCCCN1C(=O)c1ccc(-n2nc(C(F)(F)F)cc2-c2cccs2)cc1. The minimum Gasteiger partial charge on any atom is -0.336 e. The zero-order valence-corrected chi connectivity index (χ0v) is 16.6. The van der Waals surface area contributed by atoms with E-state index in [2.05, 4.69) is 5.10 Å². The summed E-state index contributed by atoms with van der Waals surface area (Å²) in [5.74, 6) is -0.0429. The van der Waals surface area contributed by atoms with Crippen LogP contribution in [-0.2, 0) is 6.18 Å². The topological polar surface area (TPSA) is 38.1 Å². The molecule has 0 aliphatic carbocycles. The quantitative estimate of drug-likeness (QED) is 0.552. The minimum atomic E-state index is -4.53. The molecule has 8 heteroatoms. The lowest BCUT2D eigenvalue weighted by Gasteiger charge is -2.33. The number of carbonyl (C=O) groups excluding carboxylic acids is 1. The first-order chi connectivity index (χ1) is 13.8. The van der Waals surface area contributed by atoms with E-state index in [1.165, 1.54) is 16.0 Å². The molecule has 3 heterocycles. The van der Waals surface area contributed by atoms with Gasteiger partial charge in [0.2, 0.25) is 0 Å². The average Bonchev–Trinajstić information content (AvgIpc) is 3.37. The van der Waals surface area contributed by atoms with Crippen molar-refractivity contribution in [2.24, 2.45) is 0 Å². The number of hydrogen-bond acceptors (Lipinski definition) is 3. The van der Waals surface area contributed by atoms with Gasteiger partial charge in [-0.15, -0.1) is 11.3 Å². The molecule has 1 aliphatic rings. The number of hydrogen-bond donors (Lipinski definition) is 0. The van der Waals surface area contributed by atoms with Crippen LogP contribution < -0.4 is 0 Å². The number of amides is 1. The third-order valence-corrected chi connectivity index (χ3v) is 6.09. The van der Waals surface area contributed by atoms with Gasteiger partial charge in [0.05, 0.1) is 16.3 Å². The number of likely N-dealkylation sites (tertiary alicyclic amines) is 1. The highest BCUT2D eigenvalue weighted by molar-refractivity contribution is 7.13. The number of carbonyl (C=O) groups is 1. The summed E-state index contributed by atoms with van der Waals surface area (Å²) >= 11 is 1.35. The Morgan fingerprint density at radius 1 is 1.17 bits per heavy atom. The van der Waals surface area contributed by atoms with E-state index >= 15 is 0 Å². The molecule has 1 amide bonds. The van der Waals surface area contributed by atoms with Crippen LogP contribution in [-0.4, -0.2) is 33.2 Å². The molecule has 152 valence electrons. The van der Waals surface area contributed by atoms with Crippen LogP contribution in [0.5, 0.6) is 0 Å². The third-order valence-electron chi connectivity index (χ3n) is 5.20. The molecule has 2 aromatic heterocycles. The van der Waals surface area contributed by atoms with E-state index in [1.807, 2.05) is 17.2 Å². The number of benzene rings is 1. The van der Waals surface area contributed by atoms with E-state index in [0.29, 0.717) is 21.8 Å². The van der Waals surface area contributed by atoms with Crippen LogP contribution in [0.2, 0.25) is 0 Å². The Morgan fingerprint density at radius 3 is 2.55 bits per heavy atom. The van der Waals surface area contributed by atoms with E-state index < -0.39 is 11.9 Å². The lowest BCUT2D eigenvalue weighted by molar-refractivity contribution is -0.141. The second-order valence-corrected chi connectivity index (χ2v) is 8.14. The maximum absolute atomic E-state index is 13.2. The summed E-state index contributed by atoms with van der Waals surface area (Å²) in [5, 5.41) is 5.59. The number of halogens is 3. The monoisotopic (exact) mass is 419 g/mol. The summed E-state index contributed by atoms with van der Waals surface area (Å²) in [4.78, 5) is 15.4. The van der Waals surface area contributed by atoms with Gasteiger partial charge in [-0.3, -0.25) is 4.79 Å². The molecule has 0 N–H and O–H groups in total. The molecule has 3 aromatic rings. The maximum atomic E-state index is 13.2. The van der Waals surface area contributed by atoms with Crippen LogP contribution in [0.15, 0.2) is 47.8 Å². The van der Waals surface area contributed by atoms with E-state index in [-0.39, 0.29) is 11.9 Å². The van der Waals surface area contributed by atoms with E-state index in [1.54, 1.807) is 36.4 Å².